The van der Waals surface area contributed by atoms with Crippen LogP contribution in [-0.2, 0) is 23.4 Å². The summed E-state index contributed by atoms with van der Waals surface area (Å²) in [4.78, 5) is 38.9. The Morgan fingerprint density at radius 2 is 2.00 bits per heavy atom. The van der Waals surface area contributed by atoms with Gasteiger partial charge in [0.2, 0.25) is 5.91 Å². The highest BCUT2D eigenvalue weighted by molar-refractivity contribution is 7.98. The molecule has 0 bridgehead atoms. The molecule has 0 saturated carbocycles. The second-order valence-corrected chi connectivity index (χ2v) is 9.58. The van der Waals surface area contributed by atoms with Crippen molar-refractivity contribution in [2.24, 2.45) is 0 Å². The largest absolute Gasteiger partial charge is 0.340 e. The molecule has 8 heteroatoms. The number of hydrogen-bond acceptors (Lipinski definition) is 6. The van der Waals surface area contributed by atoms with Crippen LogP contribution in [0.2, 0.25) is 0 Å². The van der Waals surface area contributed by atoms with Gasteiger partial charge in [-0.05, 0) is 38.3 Å². The number of carbonyl (C=O) groups is 1. The molecule has 0 unspecified atom stereocenters. The van der Waals surface area contributed by atoms with E-state index in [2.05, 4.69) is 16.9 Å². The first-order valence-electron chi connectivity index (χ1n) is 9.69. The third-order valence-electron chi connectivity index (χ3n) is 5.43. The predicted octanol–water partition coefficient (Wildman–Crippen LogP) is 2.26. The van der Waals surface area contributed by atoms with Gasteiger partial charge >= 0.3 is 0 Å². The third kappa shape index (κ3) is 4.22. The van der Waals surface area contributed by atoms with Gasteiger partial charge in [-0.3, -0.25) is 9.59 Å². The average molecular weight is 407 g/mol. The van der Waals surface area contributed by atoms with Gasteiger partial charge in [0.15, 0.2) is 0 Å². The Morgan fingerprint density at radius 3 is 2.81 bits per heavy atom. The van der Waals surface area contributed by atoms with Crippen LogP contribution in [0.5, 0.6) is 0 Å². The second-order valence-electron chi connectivity index (χ2n) is 7.39. The van der Waals surface area contributed by atoms with Crippen LogP contribution >= 0.6 is 23.1 Å². The van der Waals surface area contributed by atoms with Crippen molar-refractivity contribution in [3.8, 4) is 0 Å². The predicted molar refractivity (Wildman–Crippen MR) is 112 cm³/mol. The number of nitrogens with one attached hydrogen (secondary N) is 1. The molecule has 1 aliphatic carbocycles. The lowest BCUT2D eigenvalue weighted by Gasteiger charge is -2.32. The van der Waals surface area contributed by atoms with Crippen LogP contribution < -0.4 is 5.56 Å². The molecule has 0 aromatic carbocycles. The zero-order chi connectivity index (χ0) is 18.8. The van der Waals surface area contributed by atoms with Crippen molar-refractivity contribution >= 4 is 39.2 Å². The number of piperazine rings is 1. The van der Waals surface area contributed by atoms with Crippen LogP contribution in [0.15, 0.2) is 4.79 Å². The van der Waals surface area contributed by atoms with Crippen molar-refractivity contribution < 1.29 is 4.79 Å². The Hall–Kier alpha value is -1.38. The number of nitrogens with zero attached hydrogens (tertiary/aromatic N) is 3. The lowest BCUT2D eigenvalue weighted by Crippen LogP contribution is -2.47. The second kappa shape index (κ2) is 8.32. The molecule has 0 spiro atoms. The van der Waals surface area contributed by atoms with Crippen molar-refractivity contribution in [1.29, 1.82) is 0 Å². The molecule has 3 heterocycles. The highest BCUT2D eigenvalue weighted by Crippen LogP contribution is 2.33. The summed E-state index contributed by atoms with van der Waals surface area (Å²) >= 11 is 3.35. The highest BCUT2D eigenvalue weighted by Gasteiger charge is 2.20. The van der Waals surface area contributed by atoms with E-state index in [1.807, 2.05) is 4.90 Å². The Labute approximate surface area is 167 Å². The van der Waals surface area contributed by atoms with Crippen molar-refractivity contribution in [3.05, 3.63) is 26.6 Å². The molecule has 6 nitrogen and oxygen atoms in total. The van der Waals surface area contributed by atoms with Gasteiger partial charge in [-0.25, -0.2) is 4.98 Å². The number of rotatable bonds is 5. The van der Waals surface area contributed by atoms with Crippen molar-refractivity contribution in [2.45, 2.75) is 37.9 Å². The van der Waals surface area contributed by atoms with Crippen molar-refractivity contribution in [2.75, 3.05) is 39.0 Å². The van der Waals surface area contributed by atoms with E-state index >= 15 is 0 Å². The van der Waals surface area contributed by atoms with E-state index in [0.29, 0.717) is 12.2 Å². The molecule has 2 aromatic rings. The first kappa shape index (κ1) is 19.0. The van der Waals surface area contributed by atoms with Gasteiger partial charge in [0.05, 0.1) is 11.1 Å². The summed E-state index contributed by atoms with van der Waals surface area (Å²) < 4.78 is 0. The molecular weight excluding hydrogens is 380 g/mol. The topological polar surface area (TPSA) is 69.3 Å². The lowest BCUT2D eigenvalue weighted by atomic mass is 9.97. The molecule has 1 amide bonds. The van der Waals surface area contributed by atoms with Gasteiger partial charge in [0.1, 0.15) is 10.7 Å². The van der Waals surface area contributed by atoms with Crippen LogP contribution in [0.4, 0.5) is 0 Å². The number of aryl methyl sites for hydroxylation is 2. The molecule has 1 saturated heterocycles. The molecule has 0 radical (unpaired) electrons. The number of thioether (sulfide) groups is 1. The van der Waals surface area contributed by atoms with Gasteiger partial charge in [-0.2, -0.15) is 11.8 Å². The Morgan fingerprint density at radius 1 is 1.22 bits per heavy atom. The summed E-state index contributed by atoms with van der Waals surface area (Å²) in [5.41, 5.74) is 1.23. The van der Waals surface area contributed by atoms with Gasteiger partial charge in [0.25, 0.3) is 5.56 Å². The molecule has 1 aliphatic heterocycles. The number of thiophene rings is 1. The minimum absolute atomic E-state index is 0.00325. The number of aromatic amines is 1. The zero-order valence-corrected chi connectivity index (χ0v) is 17.4. The number of amides is 1. The van der Waals surface area contributed by atoms with Crippen LogP contribution in [0.1, 0.15) is 35.5 Å². The van der Waals surface area contributed by atoms with Crippen LogP contribution in [0.25, 0.3) is 10.2 Å². The maximum Gasteiger partial charge on any atom is 0.259 e. The zero-order valence-electron chi connectivity index (χ0n) is 15.8. The molecule has 1 N–H and O–H groups in total. The SMILES string of the molecule is CN1CCN(C(=O)CCSCc2nc3sc4c(c3c(=O)[nH]2)CCCC4)CC1. The van der Waals surface area contributed by atoms with E-state index in [9.17, 15) is 9.59 Å². The Bertz CT molecular complexity index is 884. The molecule has 0 atom stereocenters. The minimum Gasteiger partial charge on any atom is -0.340 e. The van der Waals surface area contributed by atoms with E-state index in [0.717, 1.165) is 67.2 Å². The average Bonchev–Trinajstić information content (AvgIpc) is 3.04. The fourth-order valence-corrected chi connectivity index (χ4v) is 5.89. The molecule has 1 fully saturated rings. The maximum atomic E-state index is 12.5. The van der Waals surface area contributed by atoms with E-state index < -0.39 is 0 Å². The summed E-state index contributed by atoms with van der Waals surface area (Å²) in [6, 6.07) is 0. The Kier molecular flexibility index (Phi) is 5.85. The summed E-state index contributed by atoms with van der Waals surface area (Å²) in [6.07, 6.45) is 5.00. The standard InChI is InChI=1S/C19H26N4O2S2/c1-22-7-9-23(10-8-22)16(24)6-11-26-12-15-20-18(25)17-13-4-2-3-5-14(13)27-19(17)21-15/h2-12H2,1H3,(H,20,21,25). The summed E-state index contributed by atoms with van der Waals surface area (Å²) in [6.45, 7) is 3.56. The van der Waals surface area contributed by atoms with Gasteiger partial charge in [-0.1, -0.05) is 0 Å². The summed E-state index contributed by atoms with van der Waals surface area (Å²) in [7, 11) is 2.09. The van der Waals surface area contributed by atoms with E-state index in [1.165, 1.54) is 16.9 Å². The van der Waals surface area contributed by atoms with E-state index in [1.54, 1.807) is 23.1 Å². The fraction of sp³-hybridized carbons (Fsp3) is 0.632. The normalized spacial score (nSPS) is 18.0. The van der Waals surface area contributed by atoms with Crippen molar-refractivity contribution in [1.82, 2.24) is 19.8 Å². The van der Waals surface area contributed by atoms with Crippen molar-refractivity contribution in [3.63, 3.8) is 0 Å². The number of H-pyrrole nitrogens is 1. The summed E-state index contributed by atoms with van der Waals surface area (Å²) in [5.74, 6) is 2.36. The van der Waals surface area contributed by atoms with Gasteiger partial charge < -0.3 is 14.8 Å². The molecule has 146 valence electrons. The summed E-state index contributed by atoms with van der Waals surface area (Å²) in [5, 5.41) is 0.814. The minimum atomic E-state index is 0.00325. The monoisotopic (exact) mass is 406 g/mol. The Balaban J connectivity index is 1.33. The highest BCUT2D eigenvalue weighted by atomic mass is 32.2. The van der Waals surface area contributed by atoms with Crippen LogP contribution in [-0.4, -0.2) is 64.7 Å². The maximum absolute atomic E-state index is 12.5. The number of carbonyl (C=O) groups excluding carboxylic acids is 1. The smallest absolute Gasteiger partial charge is 0.259 e. The number of aromatic nitrogens is 2. The van der Waals surface area contributed by atoms with E-state index in [4.69, 9.17) is 4.98 Å². The fourth-order valence-electron chi connectivity index (χ4n) is 3.82. The molecular formula is C19H26N4O2S2. The molecule has 27 heavy (non-hydrogen) atoms. The van der Waals surface area contributed by atoms with Crippen LogP contribution in [0.3, 0.4) is 0 Å². The lowest BCUT2D eigenvalue weighted by molar-refractivity contribution is -0.132. The number of likely N-dealkylation sites (N-methyl/N-ethyl adjacent to an activating group) is 1. The molecule has 2 aliphatic rings. The van der Waals surface area contributed by atoms with Gasteiger partial charge in [-0.15, -0.1) is 11.3 Å². The van der Waals surface area contributed by atoms with Gasteiger partial charge in [0, 0.05) is 43.2 Å². The molecule has 4 rings (SSSR count). The third-order valence-corrected chi connectivity index (χ3v) is 7.59. The first-order chi connectivity index (χ1) is 13.1. The van der Waals surface area contributed by atoms with Crippen LogP contribution in [0, 0.1) is 0 Å². The van der Waals surface area contributed by atoms with E-state index in [-0.39, 0.29) is 11.5 Å². The number of fused-ring (bicyclic) bond motifs is 3. The number of hydrogen-bond donors (Lipinski definition) is 1. The molecule has 2 aromatic heterocycles. The first-order valence-corrected chi connectivity index (χ1v) is 11.7. The quantitative estimate of drug-likeness (QED) is 0.772.